The van der Waals surface area contributed by atoms with Crippen molar-refractivity contribution in [2.75, 3.05) is 26.8 Å². The van der Waals surface area contributed by atoms with Gasteiger partial charge in [0.2, 0.25) is 5.91 Å². The maximum Gasteiger partial charge on any atom is 0.251 e. The van der Waals surface area contributed by atoms with Crippen LogP contribution in [0.2, 0.25) is 5.02 Å². The van der Waals surface area contributed by atoms with E-state index in [-0.39, 0.29) is 18.4 Å². The fourth-order valence-corrected chi connectivity index (χ4v) is 2.75. The molecule has 6 nitrogen and oxygen atoms in total. The number of rotatable bonds is 9. The van der Waals surface area contributed by atoms with Gasteiger partial charge in [0.05, 0.1) is 19.8 Å². The van der Waals surface area contributed by atoms with Crippen molar-refractivity contribution in [3.8, 4) is 11.5 Å². The Hall–Kier alpha value is -2.73. The summed E-state index contributed by atoms with van der Waals surface area (Å²) in [5, 5.41) is 3.24. The molecule has 28 heavy (non-hydrogen) atoms. The van der Waals surface area contributed by atoms with Crippen LogP contribution in [-0.2, 0) is 11.3 Å². The highest BCUT2D eigenvalue weighted by Crippen LogP contribution is 2.28. The Morgan fingerprint density at radius 2 is 1.71 bits per heavy atom. The largest absolute Gasteiger partial charge is 0.490 e. The maximum absolute atomic E-state index is 12.4. The first-order chi connectivity index (χ1) is 13.5. The zero-order valence-corrected chi connectivity index (χ0v) is 17.1. The van der Waals surface area contributed by atoms with E-state index >= 15 is 0 Å². The number of ether oxygens (including phenoxy) is 2. The van der Waals surface area contributed by atoms with Crippen LogP contribution in [0, 0.1) is 0 Å². The summed E-state index contributed by atoms with van der Waals surface area (Å²) >= 11 is 6.13. The normalized spacial score (nSPS) is 10.3. The van der Waals surface area contributed by atoms with Crippen LogP contribution in [0.25, 0.3) is 0 Å². The Bertz CT molecular complexity index is 826. The number of carbonyl (C=O) groups is 2. The molecule has 0 unspecified atom stereocenters. The smallest absolute Gasteiger partial charge is 0.251 e. The van der Waals surface area contributed by atoms with Crippen LogP contribution in [0.3, 0.4) is 0 Å². The van der Waals surface area contributed by atoms with Gasteiger partial charge in [0, 0.05) is 24.2 Å². The molecule has 0 aliphatic carbocycles. The Kier molecular flexibility index (Phi) is 8.14. The number of nitrogens with zero attached hydrogens (tertiary/aromatic N) is 1. The van der Waals surface area contributed by atoms with Crippen LogP contribution in [0.15, 0.2) is 42.5 Å². The predicted octanol–water partition coefficient (Wildman–Crippen LogP) is 3.53. The van der Waals surface area contributed by atoms with Gasteiger partial charge >= 0.3 is 0 Å². The molecule has 150 valence electrons. The minimum absolute atomic E-state index is 0.114. The van der Waals surface area contributed by atoms with Gasteiger partial charge in [-0.15, -0.1) is 0 Å². The number of amides is 2. The van der Waals surface area contributed by atoms with E-state index in [9.17, 15) is 9.59 Å². The summed E-state index contributed by atoms with van der Waals surface area (Å²) in [4.78, 5) is 26.3. The number of halogens is 1. The van der Waals surface area contributed by atoms with Crippen LogP contribution in [-0.4, -0.2) is 43.5 Å². The molecule has 0 fully saturated rings. The van der Waals surface area contributed by atoms with E-state index < -0.39 is 0 Å². The molecule has 2 aromatic carbocycles. The first-order valence-electron chi connectivity index (χ1n) is 9.11. The second kappa shape index (κ2) is 10.6. The highest BCUT2D eigenvalue weighted by molar-refractivity contribution is 6.31. The lowest BCUT2D eigenvalue weighted by atomic mass is 10.2. The molecule has 2 aromatic rings. The molecule has 0 radical (unpaired) electrons. The van der Waals surface area contributed by atoms with Crippen LogP contribution < -0.4 is 14.8 Å². The molecule has 2 amide bonds. The van der Waals surface area contributed by atoms with Crippen molar-refractivity contribution in [1.82, 2.24) is 10.2 Å². The Labute approximate surface area is 170 Å². The number of carbonyl (C=O) groups excluding carboxylic acids is 2. The summed E-state index contributed by atoms with van der Waals surface area (Å²) in [5.74, 6) is 0.503. The third-order valence-electron chi connectivity index (χ3n) is 4.00. The molecular formula is C21H25ClN2O4. The van der Waals surface area contributed by atoms with E-state index in [0.29, 0.717) is 41.8 Å². The van der Waals surface area contributed by atoms with Crippen molar-refractivity contribution < 1.29 is 19.1 Å². The third kappa shape index (κ3) is 5.89. The topological polar surface area (TPSA) is 67.9 Å². The van der Waals surface area contributed by atoms with Gasteiger partial charge in [-0.2, -0.15) is 0 Å². The molecule has 0 saturated carbocycles. The summed E-state index contributed by atoms with van der Waals surface area (Å²) < 4.78 is 11.0. The summed E-state index contributed by atoms with van der Waals surface area (Å²) in [6.45, 7) is 4.94. The van der Waals surface area contributed by atoms with Crippen molar-refractivity contribution in [2.45, 2.75) is 20.4 Å². The lowest BCUT2D eigenvalue weighted by Crippen LogP contribution is -2.37. The van der Waals surface area contributed by atoms with Crippen molar-refractivity contribution in [1.29, 1.82) is 0 Å². The molecule has 0 aromatic heterocycles. The van der Waals surface area contributed by atoms with Gasteiger partial charge in [0.1, 0.15) is 0 Å². The van der Waals surface area contributed by atoms with E-state index in [1.165, 1.54) is 4.90 Å². The second-order valence-electron chi connectivity index (χ2n) is 6.05. The molecule has 0 heterocycles. The molecule has 0 bridgehead atoms. The van der Waals surface area contributed by atoms with Gasteiger partial charge in [0.15, 0.2) is 11.5 Å². The van der Waals surface area contributed by atoms with Gasteiger partial charge in [-0.3, -0.25) is 9.59 Å². The Balaban J connectivity index is 1.96. The number of likely N-dealkylation sites (N-methyl/N-ethyl adjacent to an activating group) is 1. The Morgan fingerprint density at radius 3 is 2.39 bits per heavy atom. The molecular weight excluding hydrogens is 380 g/mol. The average Bonchev–Trinajstić information content (AvgIpc) is 2.69. The zero-order valence-electron chi connectivity index (χ0n) is 16.3. The third-order valence-corrected chi connectivity index (χ3v) is 4.37. The van der Waals surface area contributed by atoms with E-state index in [2.05, 4.69) is 5.32 Å². The maximum atomic E-state index is 12.4. The Morgan fingerprint density at radius 1 is 1.04 bits per heavy atom. The SMILES string of the molecule is CCOc1ccc(C(=O)NCC(=O)N(C)Cc2ccccc2Cl)cc1OCC. The number of nitrogens with one attached hydrogen (secondary N) is 1. The van der Waals surface area contributed by atoms with Gasteiger partial charge in [-0.25, -0.2) is 0 Å². The molecule has 0 saturated heterocycles. The molecule has 0 aliphatic rings. The van der Waals surface area contributed by atoms with Crippen molar-refractivity contribution in [3.63, 3.8) is 0 Å². The molecule has 7 heteroatoms. The summed E-state index contributed by atoms with van der Waals surface area (Å²) in [6, 6.07) is 12.3. The standard InChI is InChI=1S/C21H25ClN2O4/c1-4-27-18-11-10-15(12-19(18)28-5-2)21(26)23-13-20(25)24(3)14-16-8-6-7-9-17(16)22/h6-12H,4-5,13-14H2,1-3H3,(H,23,26). The molecule has 2 rings (SSSR count). The first kappa shape index (κ1) is 21.6. The monoisotopic (exact) mass is 404 g/mol. The summed E-state index contributed by atoms with van der Waals surface area (Å²) in [7, 11) is 1.67. The van der Waals surface area contributed by atoms with Crippen molar-refractivity contribution in [2.24, 2.45) is 0 Å². The van der Waals surface area contributed by atoms with Crippen molar-refractivity contribution in [3.05, 3.63) is 58.6 Å². The van der Waals surface area contributed by atoms with E-state index in [1.54, 1.807) is 31.3 Å². The van der Waals surface area contributed by atoms with Gasteiger partial charge < -0.3 is 19.7 Å². The summed E-state index contributed by atoms with van der Waals surface area (Å²) in [6.07, 6.45) is 0. The first-order valence-corrected chi connectivity index (χ1v) is 9.49. The van der Waals surface area contributed by atoms with Crippen LogP contribution >= 0.6 is 11.6 Å². The lowest BCUT2D eigenvalue weighted by molar-refractivity contribution is -0.129. The minimum Gasteiger partial charge on any atom is -0.490 e. The van der Waals surface area contributed by atoms with Crippen molar-refractivity contribution >= 4 is 23.4 Å². The van der Waals surface area contributed by atoms with E-state index in [4.69, 9.17) is 21.1 Å². The summed E-state index contributed by atoms with van der Waals surface area (Å²) in [5.41, 5.74) is 1.24. The quantitative estimate of drug-likeness (QED) is 0.694. The number of benzene rings is 2. The van der Waals surface area contributed by atoms with Gasteiger partial charge in [0.25, 0.3) is 5.91 Å². The van der Waals surface area contributed by atoms with Crippen LogP contribution in [0.5, 0.6) is 11.5 Å². The fourth-order valence-electron chi connectivity index (χ4n) is 2.56. The van der Waals surface area contributed by atoms with Gasteiger partial charge in [-0.05, 0) is 43.7 Å². The van der Waals surface area contributed by atoms with Gasteiger partial charge in [-0.1, -0.05) is 29.8 Å². The molecule has 0 atom stereocenters. The number of hydrogen-bond donors (Lipinski definition) is 1. The van der Waals surface area contributed by atoms with Crippen LogP contribution in [0.4, 0.5) is 0 Å². The van der Waals surface area contributed by atoms with Crippen LogP contribution in [0.1, 0.15) is 29.8 Å². The fraction of sp³-hybridized carbons (Fsp3) is 0.333. The highest BCUT2D eigenvalue weighted by Gasteiger charge is 2.15. The molecule has 0 aliphatic heterocycles. The minimum atomic E-state index is -0.358. The number of hydrogen-bond acceptors (Lipinski definition) is 4. The molecule has 0 spiro atoms. The second-order valence-corrected chi connectivity index (χ2v) is 6.46. The molecule has 1 N–H and O–H groups in total. The van der Waals surface area contributed by atoms with E-state index in [0.717, 1.165) is 5.56 Å². The lowest BCUT2D eigenvalue weighted by Gasteiger charge is -2.18. The van der Waals surface area contributed by atoms with E-state index in [1.807, 2.05) is 32.0 Å². The predicted molar refractivity (Wildman–Crippen MR) is 109 cm³/mol. The average molecular weight is 405 g/mol. The zero-order chi connectivity index (χ0) is 20.5. The highest BCUT2D eigenvalue weighted by atomic mass is 35.5.